The zero-order valence-electron chi connectivity index (χ0n) is 11.3. The Bertz CT molecular complexity index is 478. The SMILES string of the molecule is CC1OCCC1(O)C1(CN)COc2ccccc2C1. The molecular formula is C15H21NO3. The van der Waals surface area contributed by atoms with Gasteiger partial charge < -0.3 is 20.3 Å². The van der Waals surface area contributed by atoms with E-state index in [-0.39, 0.29) is 6.10 Å². The van der Waals surface area contributed by atoms with E-state index >= 15 is 0 Å². The molecule has 2 aliphatic heterocycles. The van der Waals surface area contributed by atoms with E-state index in [9.17, 15) is 5.11 Å². The monoisotopic (exact) mass is 263 g/mol. The first-order chi connectivity index (χ1) is 9.11. The number of hydrogen-bond donors (Lipinski definition) is 2. The summed E-state index contributed by atoms with van der Waals surface area (Å²) >= 11 is 0. The summed E-state index contributed by atoms with van der Waals surface area (Å²) in [6.07, 6.45) is 1.16. The number of ether oxygens (including phenoxy) is 2. The van der Waals surface area contributed by atoms with Crippen LogP contribution in [0.3, 0.4) is 0 Å². The van der Waals surface area contributed by atoms with Gasteiger partial charge >= 0.3 is 0 Å². The number of rotatable bonds is 2. The zero-order chi connectivity index (χ0) is 13.5. The lowest BCUT2D eigenvalue weighted by atomic mass is 9.64. The van der Waals surface area contributed by atoms with Gasteiger partial charge in [0.15, 0.2) is 0 Å². The second kappa shape index (κ2) is 4.47. The van der Waals surface area contributed by atoms with Gasteiger partial charge in [0.2, 0.25) is 0 Å². The van der Waals surface area contributed by atoms with Crippen molar-refractivity contribution < 1.29 is 14.6 Å². The average molecular weight is 263 g/mol. The molecule has 4 heteroatoms. The Morgan fingerprint density at radius 2 is 2.21 bits per heavy atom. The molecule has 0 spiro atoms. The standard InChI is InChI=1S/C15H21NO3/c1-11-15(17,6-7-18-11)14(9-16)8-12-4-2-3-5-13(12)19-10-14/h2-5,11,17H,6-10,16H2,1H3. The lowest BCUT2D eigenvalue weighted by Crippen LogP contribution is -2.61. The summed E-state index contributed by atoms with van der Waals surface area (Å²) in [7, 11) is 0. The summed E-state index contributed by atoms with van der Waals surface area (Å²) in [6, 6.07) is 7.97. The molecule has 3 rings (SSSR count). The molecule has 0 radical (unpaired) electrons. The van der Waals surface area contributed by atoms with Crippen LogP contribution in [0.4, 0.5) is 0 Å². The molecule has 0 aromatic heterocycles. The summed E-state index contributed by atoms with van der Waals surface area (Å²) < 4.78 is 11.4. The zero-order valence-corrected chi connectivity index (χ0v) is 11.3. The quantitative estimate of drug-likeness (QED) is 0.839. The Hall–Kier alpha value is -1.10. The third-order valence-electron chi connectivity index (χ3n) is 4.84. The van der Waals surface area contributed by atoms with Gasteiger partial charge in [-0.1, -0.05) is 18.2 Å². The summed E-state index contributed by atoms with van der Waals surface area (Å²) in [6.45, 7) is 3.35. The molecule has 4 nitrogen and oxygen atoms in total. The van der Waals surface area contributed by atoms with E-state index < -0.39 is 11.0 Å². The number of fused-ring (bicyclic) bond motifs is 1. The number of benzene rings is 1. The van der Waals surface area contributed by atoms with Gasteiger partial charge in [0.25, 0.3) is 0 Å². The minimum Gasteiger partial charge on any atom is -0.493 e. The van der Waals surface area contributed by atoms with Crippen molar-refractivity contribution in [2.45, 2.75) is 31.5 Å². The maximum absolute atomic E-state index is 11.1. The van der Waals surface area contributed by atoms with Crippen molar-refractivity contribution in [1.82, 2.24) is 0 Å². The Balaban J connectivity index is 1.98. The predicted octanol–water partition coefficient (Wildman–Crippen LogP) is 1.11. The van der Waals surface area contributed by atoms with Gasteiger partial charge in [-0.3, -0.25) is 0 Å². The van der Waals surface area contributed by atoms with Crippen LogP contribution in [0, 0.1) is 5.41 Å². The first kappa shape index (κ1) is 12.9. The highest BCUT2D eigenvalue weighted by molar-refractivity contribution is 5.37. The highest BCUT2D eigenvalue weighted by atomic mass is 16.5. The smallest absolute Gasteiger partial charge is 0.122 e. The fraction of sp³-hybridized carbons (Fsp3) is 0.600. The van der Waals surface area contributed by atoms with Crippen molar-refractivity contribution >= 4 is 0 Å². The Labute approximate surface area is 113 Å². The molecular weight excluding hydrogens is 242 g/mol. The first-order valence-corrected chi connectivity index (χ1v) is 6.86. The Morgan fingerprint density at radius 1 is 1.42 bits per heavy atom. The highest BCUT2D eigenvalue weighted by Gasteiger charge is 2.57. The van der Waals surface area contributed by atoms with Gasteiger partial charge in [-0.25, -0.2) is 0 Å². The van der Waals surface area contributed by atoms with Crippen molar-refractivity contribution in [3.8, 4) is 5.75 Å². The molecule has 1 aromatic carbocycles. The summed E-state index contributed by atoms with van der Waals surface area (Å²) in [5.41, 5.74) is 5.78. The lowest BCUT2D eigenvalue weighted by molar-refractivity contribution is -0.136. The van der Waals surface area contributed by atoms with E-state index in [0.29, 0.717) is 26.2 Å². The van der Waals surface area contributed by atoms with Crippen LogP contribution in [0.2, 0.25) is 0 Å². The maximum Gasteiger partial charge on any atom is 0.122 e. The van der Waals surface area contributed by atoms with Crippen LogP contribution in [-0.2, 0) is 11.2 Å². The van der Waals surface area contributed by atoms with Crippen molar-refractivity contribution in [2.75, 3.05) is 19.8 Å². The van der Waals surface area contributed by atoms with Gasteiger partial charge in [0.1, 0.15) is 11.4 Å². The van der Waals surface area contributed by atoms with Crippen LogP contribution in [0.15, 0.2) is 24.3 Å². The highest BCUT2D eigenvalue weighted by Crippen LogP contribution is 2.47. The average Bonchev–Trinajstić information content (AvgIpc) is 2.79. The van der Waals surface area contributed by atoms with E-state index in [4.69, 9.17) is 15.2 Å². The molecule has 1 fully saturated rings. The third-order valence-corrected chi connectivity index (χ3v) is 4.84. The minimum atomic E-state index is -0.907. The molecule has 1 aromatic rings. The van der Waals surface area contributed by atoms with Crippen LogP contribution in [0.25, 0.3) is 0 Å². The summed E-state index contributed by atoms with van der Waals surface area (Å²) in [5, 5.41) is 11.1. The lowest BCUT2D eigenvalue weighted by Gasteiger charge is -2.48. The van der Waals surface area contributed by atoms with Crippen LogP contribution < -0.4 is 10.5 Å². The van der Waals surface area contributed by atoms with Crippen molar-refractivity contribution in [3.05, 3.63) is 29.8 Å². The molecule has 1 saturated heterocycles. The van der Waals surface area contributed by atoms with Crippen LogP contribution in [0.5, 0.6) is 5.75 Å². The van der Waals surface area contributed by atoms with Crippen molar-refractivity contribution in [1.29, 1.82) is 0 Å². The van der Waals surface area contributed by atoms with Gasteiger partial charge in [0, 0.05) is 19.6 Å². The van der Waals surface area contributed by atoms with Crippen LogP contribution >= 0.6 is 0 Å². The molecule has 3 N–H and O–H groups in total. The number of aliphatic hydroxyl groups is 1. The second-order valence-corrected chi connectivity index (χ2v) is 5.74. The van der Waals surface area contributed by atoms with Gasteiger partial charge in [0.05, 0.1) is 18.1 Å². The fourth-order valence-corrected chi connectivity index (χ4v) is 3.44. The van der Waals surface area contributed by atoms with Crippen molar-refractivity contribution in [3.63, 3.8) is 0 Å². The first-order valence-electron chi connectivity index (χ1n) is 6.86. The normalized spacial score (nSPS) is 37.7. The second-order valence-electron chi connectivity index (χ2n) is 5.74. The molecule has 2 aliphatic rings. The Kier molecular flexibility index (Phi) is 3.04. The third kappa shape index (κ3) is 1.78. The van der Waals surface area contributed by atoms with E-state index in [2.05, 4.69) is 0 Å². The molecule has 0 amide bonds. The van der Waals surface area contributed by atoms with E-state index in [1.165, 1.54) is 0 Å². The van der Waals surface area contributed by atoms with Crippen LogP contribution in [-0.4, -0.2) is 36.6 Å². The van der Waals surface area contributed by atoms with Gasteiger partial charge in [-0.15, -0.1) is 0 Å². The molecule has 2 heterocycles. The van der Waals surface area contributed by atoms with E-state index in [1.54, 1.807) is 0 Å². The van der Waals surface area contributed by atoms with Crippen molar-refractivity contribution in [2.24, 2.45) is 11.1 Å². The van der Waals surface area contributed by atoms with Gasteiger partial charge in [-0.2, -0.15) is 0 Å². The molecule has 19 heavy (non-hydrogen) atoms. The summed E-state index contributed by atoms with van der Waals surface area (Å²) in [5.74, 6) is 0.904. The number of nitrogens with two attached hydrogens (primary N) is 1. The molecule has 3 unspecified atom stereocenters. The number of para-hydroxylation sites is 1. The molecule has 0 bridgehead atoms. The predicted molar refractivity (Wildman–Crippen MR) is 72.1 cm³/mol. The fourth-order valence-electron chi connectivity index (χ4n) is 3.44. The van der Waals surface area contributed by atoms with E-state index in [1.807, 2.05) is 31.2 Å². The summed E-state index contributed by atoms with van der Waals surface area (Å²) in [4.78, 5) is 0. The number of hydrogen-bond acceptors (Lipinski definition) is 4. The Morgan fingerprint density at radius 3 is 2.89 bits per heavy atom. The molecule has 3 atom stereocenters. The molecule has 104 valence electrons. The van der Waals surface area contributed by atoms with E-state index in [0.717, 1.165) is 17.7 Å². The van der Waals surface area contributed by atoms with Crippen LogP contribution in [0.1, 0.15) is 18.9 Å². The minimum absolute atomic E-state index is 0.204. The maximum atomic E-state index is 11.1. The topological polar surface area (TPSA) is 64.7 Å². The van der Waals surface area contributed by atoms with Gasteiger partial charge in [-0.05, 0) is 25.0 Å². The molecule has 0 saturated carbocycles. The molecule has 0 aliphatic carbocycles. The largest absolute Gasteiger partial charge is 0.493 e.